The molecule has 1 heterocycles. The predicted octanol–water partition coefficient (Wildman–Crippen LogP) is 2.79. The molecular weight excluding hydrogens is 360 g/mol. The second-order valence-electron chi connectivity index (χ2n) is 7.28. The van der Waals surface area contributed by atoms with E-state index < -0.39 is 9.84 Å². The van der Waals surface area contributed by atoms with Gasteiger partial charge in [-0.25, -0.2) is 8.42 Å². The quantitative estimate of drug-likeness (QED) is 0.858. The summed E-state index contributed by atoms with van der Waals surface area (Å²) in [5.74, 6) is -0.204. The Morgan fingerprint density at radius 1 is 1.19 bits per heavy atom. The Bertz CT molecular complexity index is 910. The molecule has 2 aromatic carbocycles. The Balaban J connectivity index is 1.67. The van der Waals surface area contributed by atoms with Gasteiger partial charge < -0.3 is 5.32 Å². The number of piperidine rings is 1. The predicted molar refractivity (Wildman–Crippen MR) is 106 cm³/mol. The van der Waals surface area contributed by atoms with Crippen LogP contribution in [-0.4, -0.2) is 44.6 Å². The number of carbonyl (C=O) groups excluding carboxylic acids is 1. The first kappa shape index (κ1) is 19.6. The van der Waals surface area contributed by atoms with Crippen LogP contribution in [0.15, 0.2) is 53.4 Å². The Morgan fingerprint density at radius 2 is 1.93 bits per heavy atom. The third kappa shape index (κ3) is 5.17. The van der Waals surface area contributed by atoms with Gasteiger partial charge in [-0.05, 0) is 49.6 Å². The summed E-state index contributed by atoms with van der Waals surface area (Å²) >= 11 is 0. The Hall–Kier alpha value is -2.18. The van der Waals surface area contributed by atoms with Crippen molar-refractivity contribution in [1.82, 2.24) is 10.2 Å². The molecule has 1 fully saturated rings. The van der Waals surface area contributed by atoms with Crippen LogP contribution >= 0.6 is 0 Å². The van der Waals surface area contributed by atoms with E-state index in [1.165, 1.54) is 11.6 Å². The van der Waals surface area contributed by atoms with Crippen molar-refractivity contribution in [2.24, 2.45) is 0 Å². The molecule has 1 atom stereocenters. The summed E-state index contributed by atoms with van der Waals surface area (Å²) in [5, 5.41) is 3.09. The molecule has 1 amide bonds. The van der Waals surface area contributed by atoms with E-state index in [1.807, 2.05) is 25.1 Å². The smallest absolute Gasteiger partial charge is 0.251 e. The average Bonchev–Trinajstić information content (AvgIpc) is 2.62. The minimum absolute atomic E-state index is 0.0660. The number of amides is 1. The Kier molecular flexibility index (Phi) is 5.97. The van der Waals surface area contributed by atoms with Crippen LogP contribution in [-0.2, 0) is 16.4 Å². The summed E-state index contributed by atoms with van der Waals surface area (Å²) in [6.07, 6.45) is 3.12. The van der Waals surface area contributed by atoms with Crippen molar-refractivity contribution in [3.05, 3.63) is 65.2 Å². The molecule has 0 radical (unpaired) electrons. The van der Waals surface area contributed by atoms with Crippen LogP contribution < -0.4 is 5.32 Å². The van der Waals surface area contributed by atoms with E-state index in [0.717, 1.165) is 44.3 Å². The van der Waals surface area contributed by atoms with Crippen LogP contribution in [0.2, 0.25) is 0 Å². The molecule has 1 unspecified atom stereocenters. The highest BCUT2D eigenvalue weighted by Gasteiger charge is 2.23. The number of hydrogen-bond donors (Lipinski definition) is 1. The van der Waals surface area contributed by atoms with E-state index in [9.17, 15) is 13.2 Å². The molecule has 0 aromatic heterocycles. The zero-order valence-corrected chi connectivity index (χ0v) is 16.6. The summed E-state index contributed by atoms with van der Waals surface area (Å²) in [7, 11) is -3.34. The van der Waals surface area contributed by atoms with Gasteiger partial charge in [-0.3, -0.25) is 9.69 Å². The van der Waals surface area contributed by atoms with E-state index >= 15 is 0 Å². The van der Waals surface area contributed by atoms with Gasteiger partial charge in [0.1, 0.15) is 0 Å². The first-order valence-corrected chi connectivity index (χ1v) is 11.1. The van der Waals surface area contributed by atoms with Crippen molar-refractivity contribution in [2.75, 3.05) is 19.3 Å². The van der Waals surface area contributed by atoms with E-state index in [1.54, 1.807) is 12.1 Å². The van der Waals surface area contributed by atoms with Crippen molar-refractivity contribution >= 4 is 15.7 Å². The van der Waals surface area contributed by atoms with Gasteiger partial charge in [0.25, 0.3) is 5.91 Å². The lowest BCUT2D eigenvalue weighted by atomic mass is 10.0. The minimum atomic E-state index is -3.34. The summed E-state index contributed by atoms with van der Waals surface area (Å²) in [5.41, 5.74) is 2.47. The first-order chi connectivity index (χ1) is 12.8. The monoisotopic (exact) mass is 386 g/mol. The molecule has 1 saturated heterocycles. The molecule has 144 valence electrons. The Labute approximate surface area is 161 Å². The number of sulfone groups is 1. The van der Waals surface area contributed by atoms with Gasteiger partial charge in [-0.1, -0.05) is 36.4 Å². The maximum Gasteiger partial charge on any atom is 0.251 e. The fourth-order valence-electron chi connectivity index (χ4n) is 3.50. The lowest BCUT2D eigenvalue weighted by molar-refractivity contribution is 0.0900. The maximum atomic E-state index is 12.8. The van der Waals surface area contributed by atoms with Crippen molar-refractivity contribution in [2.45, 2.75) is 37.2 Å². The minimum Gasteiger partial charge on any atom is -0.348 e. The second-order valence-corrected chi connectivity index (χ2v) is 9.30. The molecule has 6 heteroatoms. The van der Waals surface area contributed by atoms with Crippen LogP contribution in [0.25, 0.3) is 0 Å². The van der Waals surface area contributed by atoms with E-state index in [4.69, 9.17) is 0 Å². The summed E-state index contributed by atoms with van der Waals surface area (Å²) in [6.45, 7) is 4.51. The maximum absolute atomic E-state index is 12.8. The number of rotatable bonds is 5. The highest BCUT2D eigenvalue weighted by molar-refractivity contribution is 7.90. The molecule has 27 heavy (non-hydrogen) atoms. The van der Waals surface area contributed by atoms with Crippen LogP contribution in [0, 0.1) is 6.92 Å². The molecular formula is C21H26N2O3S. The lowest BCUT2D eigenvalue weighted by Crippen LogP contribution is -2.47. The normalized spacial score (nSPS) is 18.2. The number of nitrogens with one attached hydrogen (secondary N) is 1. The van der Waals surface area contributed by atoms with Gasteiger partial charge >= 0.3 is 0 Å². The number of nitrogens with zero attached hydrogens (tertiary/aromatic N) is 1. The average molecular weight is 387 g/mol. The molecule has 1 aliphatic heterocycles. The number of carbonyl (C=O) groups is 1. The number of likely N-dealkylation sites (tertiary alicyclic amines) is 1. The van der Waals surface area contributed by atoms with Crippen LogP contribution in [0.3, 0.4) is 0 Å². The number of aryl methyl sites for hydroxylation is 1. The van der Waals surface area contributed by atoms with Crippen LogP contribution in [0.4, 0.5) is 0 Å². The van der Waals surface area contributed by atoms with Crippen LogP contribution in [0.1, 0.15) is 34.3 Å². The molecule has 0 aliphatic carbocycles. The zero-order valence-electron chi connectivity index (χ0n) is 15.8. The van der Waals surface area contributed by atoms with Gasteiger partial charge in [0.05, 0.1) is 4.90 Å². The van der Waals surface area contributed by atoms with Gasteiger partial charge in [0.15, 0.2) is 9.84 Å². The van der Waals surface area contributed by atoms with E-state index in [0.29, 0.717) is 5.56 Å². The molecule has 1 aliphatic rings. The van der Waals surface area contributed by atoms with Gasteiger partial charge in [-0.15, -0.1) is 0 Å². The van der Waals surface area contributed by atoms with E-state index in [-0.39, 0.29) is 16.8 Å². The molecule has 1 N–H and O–H groups in total. The Morgan fingerprint density at radius 3 is 2.63 bits per heavy atom. The fraction of sp³-hybridized carbons (Fsp3) is 0.381. The van der Waals surface area contributed by atoms with Crippen molar-refractivity contribution in [3.63, 3.8) is 0 Å². The van der Waals surface area contributed by atoms with Crippen LogP contribution in [0.5, 0.6) is 0 Å². The topological polar surface area (TPSA) is 66.5 Å². The summed E-state index contributed by atoms with van der Waals surface area (Å²) < 4.78 is 23.6. The lowest BCUT2D eigenvalue weighted by Gasteiger charge is -2.33. The van der Waals surface area contributed by atoms with Gasteiger partial charge in [0, 0.05) is 31.0 Å². The number of hydrogen-bond acceptors (Lipinski definition) is 4. The van der Waals surface area contributed by atoms with Crippen molar-refractivity contribution < 1.29 is 13.2 Å². The summed E-state index contributed by atoms with van der Waals surface area (Å²) in [4.78, 5) is 15.3. The standard InChI is InChI=1S/C21H26N2O3S/c1-16-10-11-19(27(2,25)26)13-20(16)21(24)22-18-9-6-12-23(15-18)14-17-7-4-3-5-8-17/h3-5,7-8,10-11,13,18H,6,9,12,14-15H2,1-2H3,(H,22,24). The van der Waals surface area contributed by atoms with Gasteiger partial charge in [-0.2, -0.15) is 0 Å². The summed E-state index contributed by atoms with van der Waals surface area (Å²) in [6, 6.07) is 15.1. The highest BCUT2D eigenvalue weighted by atomic mass is 32.2. The van der Waals surface area contributed by atoms with Gasteiger partial charge in [0.2, 0.25) is 0 Å². The first-order valence-electron chi connectivity index (χ1n) is 9.21. The third-order valence-electron chi connectivity index (χ3n) is 4.97. The zero-order chi connectivity index (χ0) is 19.4. The molecule has 3 rings (SSSR count). The molecule has 5 nitrogen and oxygen atoms in total. The second kappa shape index (κ2) is 8.23. The fourth-order valence-corrected chi connectivity index (χ4v) is 4.15. The van der Waals surface area contributed by atoms with Crippen molar-refractivity contribution in [3.8, 4) is 0 Å². The number of benzene rings is 2. The SMILES string of the molecule is Cc1ccc(S(C)(=O)=O)cc1C(=O)NC1CCCN(Cc2ccccc2)C1. The largest absolute Gasteiger partial charge is 0.348 e. The third-order valence-corrected chi connectivity index (χ3v) is 6.08. The highest BCUT2D eigenvalue weighted by Crippen LogP contribution is 2.18. The molecule has 2 aromatic rings. The van der Waals surface area contributed by atoms with Crippen molar-refractivity contribution in [1.29, 1.82) is 0 Å². The molecule has 0 spiro atoms. The molecule has 0 saturated carbocycles. The van der Waals surface area contributed by atoms with E-state index in [2.05, 4.69) is 22.3 Å². The molecule has 0 bridgehead atoms.